The van der Waals surface area contributed by atoms with Gasteiger partial charge in [-0.2, -0.15) is 0 Å². The van der Waals surface area contributed by atoms with Crippen molar-refractivity contribution in [2.24, 2.45) is 0 Å². The average Bonchev–Trinajstić information content (AvgIpc) is 1.72. The number of hydrogen-bond donors (Lipinski definition) is 0. The van der Waals surface area contributed by atoms with E-state index in [1.54, 1.807) is 0 Å². The highest BCUT2D eigenvalue weighted by Crippen LogP contribution is 2.06. The second-order valence-electron chi connectivity index (χ2n) is 1.53. The summed E-state index contributed by atoms with van der Waals surface area (Å²) in [5.74, 6) is 0. The van der Waals surface area contributed by atoms with Crippen molar-refractivity contribution in [1.82, 2.24) is 0 Å². The van der Waals surface area contributed by atoms with Crippen LogP contribution < -0.4 is 0 Å². The Labute approximate surface area is 38.3 Å². The zero-order valence-corrected chi connectivity index (χ0v) is 3.81. The lowest BCUT2D eigenvalue weighted by Gasteiger charge is -2.07. The Hall–Kier alpha value is -0.0400. The van der Waals surface area contributed by atoms with Gasteiger partial charge in [-0.25, -0.2) is 0 Å². The summed E-state index contributed by atoms with van der Waals surface area (Å²) in [4.78, 5) is 0. The smallest absolute Gasteiger partial charge is 0.0836 e. The lowest BCUT2D eigenvalue weighted by atomic mass is 10.2. The number of ether oxygens (including phenoxy) is 1. The molecule has 0 spiro atoms. The fraction of sp³-hybridized carbons (Fsp3) is 0.800. The maximum Gasteiger partial charge on any atom is 0.0836 e. The van der Waals surface area contributed by atoms with Crippen LogP contribution in [0, 0.1) is 6.61 Å². The first kappa shape index (κ1) is 4.13. The van der Waals surface area contributed by atoms with Crippen LogP contribution in [0.3, 0.4) is 0 Å². The molecule has 1 nitrogen and oxygen atoms in total. The maximum atomic E-state index is 4.94. The highest BCUT2D eigenvalue weighted by molar-refractivity contribution is 4.56. The van der Waals surface area contributed by atoms with E-state index in [4.69, 9.17) is 4.74 Å². The van der Waals surface area contributed by atoms with Gasteiger partial charge in [-0.3, -0.25) is 0 Å². The van der Waals surface area contributed by atoms with Gasteiger partial charge in [-0.15, -0.1) is 0 Å². The van der Waals surface area contributed by atoms with E-state index in [1.165, 1.54) is 12.8 Å². The van der Waals surface area contributed by atoms with E-state index in [1.807, 2.05) is 6.61 Å². The highest BCUT2D eigenvalue weighted by atomic mass is 16.5. The van der Waals surface area contributed by atoms with Crippen LogP contribution in [-0.4, -0.2) is 6.61 Å². The van der Waals surface area contributed by atoms with Crippen molar-refractivity contribution in [2.75, 3.05) is 6.61 Å². The van der Waals surface area contributed by atoms with Crippen LogP contribution in [0.25, 0.3) is 0 Å². The summed E-state index contributed by atoms with van der Waals surface area (Å²) in [5.41, 5.74) is 0. The van der Waals surface area contributed by atoms with Gasteiger partial charge in [0, 0.05) is 6.61 Å². The number of hydrogen-bond acceptors (Lipinski definition) is 1. The number of rotatable bonds is 0. The summed E-state index contributed by atoms with van der Waals surface area (Å²) in [6.45, 7) is 2.84. The molecule has 0 bridgehead atoms. The van der Waals surface area contributed by atoms with Crippen LogP contribution in [0.5, 0.6) is 0 Å². The van der Waals surface area contributed by atoms with Crippen LogP contribution in [-0.2, 0) is 4.74 Å². The summed E-state index contributed by atoms with van der Waals surface area (Å²) in [6, 6.07) is 0. The Morgan fingerprint density at radius 1 is 1.33 bits per heavy atom. The van der Waals surface area contributed by atoms with Gasteiger partial charge in [0.25, 0.3) is 0 Å². The molecule has 0 N–H and O–H groups in total. The molecule has 1 fully saturated rings. The maximum absolute atomic E-state index is 4.94. The SMILES string of the molecule is [CH]1CCCCO1. The van der Waals surface area contributed by atoms with Crippen molar-refractivity contribution in [2.45, 2.75) is 19.3 Å². The first-order chi connectivity index (χ1) is 3.00. The third kappa shape index (κ3) is 0.977. The summed E-state index contributed by atoms with van der Waals surface area (Å²) in [6.07, 6.45) is 3.72. The van der Waals surface area contributed by atoms with Crippen LogP contribution in [0.4, 0.5) is 0 Å². The molecule has 1 heterocycles. The van der Waals surface area contributed by atoms with Crippen molar-refractivity contribution < 1.29 is 4.74 Å². The highest BCUT2D eigenvalue weighted by Gasteiger charge is 1.95. The molecule has 1 heteroatoms. The molecule has 1 aliphatic heterocycles. The molecule has 0 amide bonds. The minimum atomic E-state index is 0.944. The molecule has 0 aromatic carbocycles. The third-order valence-electron chi connectivity index (χ3n) is 0.952. The summed E-state index contributed by atoms with van der Waals surface area (Å²) in [7, 11) is 0. The van der Waals surface area contributed by atoms with Crippen molar-refractivity contribution in [3.63, 3.8) is 0 Å². The van der Waals surface area contributed by atoms with Gasteiger partial charge in [0.05, 0.1) is 6.61 Å². The van der Waals surface area contributed by atoms with E-state index in [-0.39, 0.29) is 0 Å². The summed E-state index contributed by atoms with van der Waals surface area (Å²) < 4.78 is 4.94. The van der Waals surface area contributed by atoms with E-state index < -0.39 is 0 Å². The monoisotopic (exact) mass is 85.1 g/mol. The van der Waals surface area contributed by atoms with Crippen LogP contribution in [0.2, 0.25) is 0 Å². The normalized spacial score (nSPS) is 24.0. The lowest BCUT2D eigenvalue weighted by molar-refractivity contribution is 0.156. The third-order valence-corrected chi connectivity index (χ3v) is 0.952. The Morgan fingerprint density at radius 3 is 2.50 bits per heavy atom. The molecule has 1 saturated heterocycles. The van der Waals surface area contributed by atoms with Crippen LogP contribution >= 0.6 is 0 Å². The van der Waals surface area contributed by atoms with Crippen molar-refractivity contribution >= 4 is 0 Å². The molecule has 35 valence electrons. The molecule has 1 rings (SSSR count). The molecule has 0 atom stereocenters. The summed E-state index contributed by atoms with van der Waals surface area (Å²) >= 11 is 0. The molecule has 0 saturated carbocycles. The predicted octanol–water partition coefficient (Wildman–Crippen LogP) is 1.35. The standard InChI is InChI=1S/C5H9O/c1-2-4-6-5-3-1/h4H,1-3,5H2. The van der Waals surface area contributed by atoms with Gasteiger partial charge in [-0.1, -0.05) is 0 Å². The van der Waals surface area contributed by atoms with Gasteiger partial charge in [0.1, 0.15) is 0 Å². The van der Waals surface area contributed by atoms with Crippen LogP contribution in [0.15, 0.2) is 0 Å². The van der Waals surface area contributed by atoms with E-state index in [2.05, 4.69) is 0 Å². The molecule has 0 unspecified atom stereocenters. The van der Waals surface area contributed by atoms with E-state index >= 15 is 0 Å². The Morgan fingerprint density at radius 2 is 2.33 bits per heavy atom. The quantitative estimate of drug-likeness (QED) is 0.431. The van der Waals surface area contributed by atoms with Gasteiger partial charge in [0.2, 0.25) is 0 Å². The predicted molar refractivity (Wildman–Crippen MR) is 24.1 cm³/mol. The fourth-order valence-corrected chi connectivity index (χ4v) is 0.580. The molecule has 1 radical (unpaired) electrons. The zero-order valence-electron chi connectivity index (χ0n) is 3.81. The topological polar surface area (TPSA) is 9.23 Å². The van der Waals surface area contributed by atoms with Gasteiger partial charge in [-0.05, 0) is 19.3 Å². The Balaban J connectivity index is 2.00. The van der Waals surface area contributed by atoms with Crippen molar-refractivity contribution in [3.05, 3.63) is 6.61 Å². The minimum Gasteiger partial charge on any atom is -0.376 e. The lowest BCUT2D eigenvalue weighted by Crippen LogP contribution is -1.97. The molecule has 6 heavy (non-hydrogen) atoms. The fourth-order valence-electron chi connectivity index (χ4n) is 0.580. The molecule has 1 aliphatic rings. The molecule has 0 aliphatic carbocycles. The second kappa shape index (κ2) is 2.19. The second-order valence-corrected chi connectivity index (χ2v) is 1.53. The molecule has 0 aromatic rings. The zero-order chi connectivity index (χ0) is 4.24. The van der Waals surface area contributed by atoms with Gasteiger partial charge >= 0.3 is 0 Å². The first-order valence-electron chi connectivity index (χ1n) is 2.43. The Kier molecular flexibility index (Phi) is 1.51. The first-order valence-corrected chi connectivity index (χ1v) is 2.43. The molecular weight excluding hydrogens is 76.1 g/mol. The van der Waals surface area contributed by atoms with Crippen LogP contribution in [0.1, 0.15) is 19.3 Å². The van der Waals surface area contributed by atoms with Gasteiger partial charge in [0.15, 0.2) is 0 Å². The molecular formula is C5H9O. The van der Waals surface area contributed by atoms with E-state index in [0.29, 0.717) is 0 Å². The Bertz CT molecular complexity index is 19.4. The van der Waals surface area contributed by atoms with Crippen molar-refractivity contribution in [3.8, 4) is 0 Å². The summed E-state index contributed by atoms with van der Waals surface area (Å²) in [5, 5.41) is 0. The van der Waals surface area contributed by atoms with Gasteiger partial charge < -0.3 is 4.74 Å². The minimum absolute atomic E-state index is 0.944. The van der Waals surface area contributed by atoms with E-state index in [9.17, 15) is 0 Å². The largest absolute Gasteiger partial charge is 0.376 e. The van der Waals surface area contributed by atoms with E-state index in [0.717, 1.165) is 13.0 Å². The average molecular weight is 85.1 g/mol. The van der Waals surface area contributed by atoms with Crippen molar-refractivity contribution in [1.29, 1.82) is 0 Å². The molecule has 0 aromatic heterocycles.